The molecule has 4 atom stereocenters. The molecule has 5 aromatic rings. The number of anilines is 1. The standard InChI is InChI=1S/C41H36ClF10N7O7S3/c1-19-29-31-35(41(50,51)52)55-57(36(31)40(48,49)32(19)29)17-28(60)54-27(15-20-13-21(43)16-22(44)14-20)33-24(8-7-23(53-33)11-12-38(2,3)67(4,61)62)25-9-10-26(42)30-34(25)58(18-39(45,46)47)56-37(30)59(68(5,63)64)69(6,65)66/h7-10,13-14,16,19,27,29,32H,15,17-18H2,1-6H3,(H,54,60)/t19-,27+,29-,32-/m1/s1. The molecule has 2 aliphatic rings. The fourth-order valence-electron chi connectivity index (χ4n) is 8.44. The van der Waals surface area contributed by atoms with Gasteiger partial charge in [-0.15, -0.1) is 3.71 Å². The van der Waals surface area contributed by atoms with Gasteiger partial charge in [-0.05, 0) is 68.0 Å². The van der Waals surface area contributed by atoms with E-state index in [2.05, 4.69) is 32.3 Å². The Morgan fingerprint density at radius 1 is 0.899 bits per heavy atom. The van der Waals surface area contributed by atoms with Crippen molar-refractivity contribution >= 4 is 64.1 Å². The van der Waals surface area contributed by atoms with Crippen LogP contribution in [0.4, 0.5) is 49.7 Å². The number of nitrogens with one attached hydrogen (secondary N) is 1. The number of aromatic nitrogens is 5. The Bertz CT molecular complexity index is 3330. The van der Waals surface area contributed by atoms with Crippen molar-refractivity contribution in [2.45, 2.75) is 75.3 Å². The fourth-order valence-corrected chi connectivity index (χ4v) is 11.8. The van der Waals surface area contributed by atoms with Crippen molar-refractivity contribution < 1.29 is 74.0 Å². The van der Waals surface area contributed by atoms with Crippen molar-refractivity contribution in [3.8, 4) is 23.0 Å². The van der Waals surface area contributed by atoms with Crippen LogP contribution in [0.25, 0.3) is 22.0 Å². The Labute approximate surface area is 392 Å². The molecule has 3 heterocycles. The van der Waals surface area contributed by atoms with E-state index in [9.17, 15) is 65.2 Å². The molecule has 3 aromatic heterocycles. The molecule has 2 aliphatic carbocycles. The number of sulfonamides is 2. The van der Waals surface area contributed by atoms with Crippen molar-refractivity contribution in [1.29, 1.82) is 0 Å². The summed E-state index contributed by atoms with van der Waals surface area (Å²) in [6.07, 6.45) is -9.41. The topological polar surface area (TPSA) is 183 Å². The van der Waals surface area contributed by atoms with Crippen molar-refractivity contribution in [2.24, 2.45) is 11.8 Å². The molecule has 69 heavy (non-hydrogen) atoms. The quantitative estimate of drug-likeness (QED) is 0.0986. The van der Waals surface area contributed by atoms with Crippen LogP contribution in [0.1, 0.15) is 66.6 Å². The smallest absolute Gasteiger partial charge is 0.346 e. The normalized spacial score (nSPS) is 18.6. The first kappa shape index (κ1) is 51.4. The third-order valence-electron chi connectivity index (χ3n) is 11.6. The Kier molecular flexibility index (Phi) is 12.6. The first-order valence-electron chi connectivity index (χ1n) is 19.9. The van der Waals surface area contributed by atoms with E-state index in [4.69, 9.17) is 11.6 Å². The van der Waals surface area contributed by atoms with Gasteiger partial charge in [0.05, 0.1) is 40.2 Å². The summed E-state index contributed by atoms with van der Waals surface area (Å²) in [6.45, 7) is 0.451. The van der Waals surface area contributed by atoms with Crippen molar-refractivity contribution in [2.75, 3.05) is 22.5 Å². The molecule has 1 fully saturated rings. The van der Waals surface area contributed by atoms with E-state index < -0.39 is 164 Å². The maximum Gasteiger partial charge on any atom is 0.435 e. The molecule has 0 bridgehead atoms. The molecule has 0 spiro atoms. The maximum absolute atomic E-state index is 15.8. The van der Waals surface area contributed by atoms with Crippen molar-refractivity contribution in [1.82, 2.24) is 29.9 Å². The summed E-state index contributed by atoms with van der Waals surface area (Å²) in [5.74, 6) is -7.21. The number of carbonyl (C=O) groups excluding carboxylic acids is 1. The lowest BCUT2D eigenvalue weighted by Crippen LogP contribution is -2.36. The number of hydrogen-bond acceptors (Lipinski definition) is 10. The van der Waals surface area contributed by atoms with E-state index in [0.29, 0.717) is 18.6 Å². The summed E-state index contributed by atoms with van der Waals surface area (Å²) in [5, 5.41) is 8.32. The molecule has 14 nitrogen and oxygen atoms in total. The molecular weight excluding hydrogens is 1020 g/mol. The third-order valence-corrected chi connectivity index (χ3v) is 17.0. The molecule has 372 valence electrons. The second-order valence-electron chi connectivity index (χ2n) is 17.2. The number of alkyl halides is 8. The number of nitrogens with zero attached hydrogens (tertiary/aromatic N) is 6. The Balaban J connectivity index is 1.50. The summed E-state index contributed by atoms with van der Waals surface area (Å²) in [6, 6.07) is 4.56. The number of sulfone groups is 1. The van der Waals surface area contributed by atoms with Crippen LogP contribution in [-0.4, -0.2) is 85.4 Å². The zero-order valence-corrected chi connectivity index (χ0v) is 39.6. The summed E-state index contributed by atoms with van der Waals surface area (Å²) >= 11 is 6.50. The van der Waals surface area contributed by atoms with Crippen molar-refractivity contribution in [3.05, 3.63) is 93.0 Å². The number of hydrogen-bond donors (Lipinski definition) is 1. The molecule has 28 heteroatoms. The number of amides is 1. The Hall–Kier alpha value is -5.46. The molecule has 7 rings (SSSR count). The van der Waals surface area contributed by atoms with Gasteiger partial charge in [0.1, 0.15) is 40.9 Å². The molecule has 1 amide bonds. The lowest BCUT2D eigenvalue weighted by atomic mass is 9.93. The Morgan fingerprint density at radius 2 is 1.49 bits per heavy atom. The van der Waals surface area contributed by atoms with E-state index in [1.807, 2.05) is 0 Å². The Morgan fingerprint density at radius 3 is 2.04 bits per heavy atom. The number of rotatable bonds is 12. The van der Waals surface area contributed by atoms with Crippen molar-refractivity contribution in [3.63, 3.8) is 0 Å². The van der Waals surface area contributed by atoms with Gasteiger partial charge < -0.3 is 5.32 Å². The minimum Gasteiger partial charge on any atom is -0.346 e. The minimum absolute atomic E-state index is 0.180. The van der Waals surface area contributed by atoms with Gasteiger partial charge in [-0.2, -0.15) is 45.3 Å². The highest BCUT2D eigenvalue weighted by Gasteiger charge is 2.72. The monoisotopic (exact) mass is 1060 g/mol. The van der Waals surface area contributed by atoms with E-state index in [-0.39, 0.29) is 29.9 Å². The predicted molar refractivity (Wildman–Crippen MR) is 229 cm³/mol. The second kappa shape index (κ2) is 16.9. The predicted octanol–water partition coefficient (Wildman–Crippen LogP) is 7.26. The van der Waals surface area contributed by atoms with Gasteiger partial charge in [0.15, 0.2) is 21.3 Å². The van der Waals surface area contributed by atoms with Gasteiger partial charge in [0, 0.05) is 40.8 Å². The largest absolute Gasteiger partial charge is 0.435 e. The first-order chi connectivity index (χ1) is 31.4. The molecule has 0 unspecified atom stereocenters. The highest BCUT2D eigenvalue weighted by molar-refractivity contribution is 8.09. The SMILES string of the molecule is C[C@@H]1[C@@H]2c3c(C(F)(F)F)nn(CC(=O)N[C@@H](Cc4cc(F)cc(F)c4)c4nc(C#CC(C)(C)S(C)(=O)=O)ccc4-c4ccc(Cl)c5c(N(S(C)(=O)=O)S(C)(=O)=O)nn(CC(F)(F)F)c45)c3C(F)(F)[C@H]12. The third kappa shape index (κ3) is 9.85. The average Bonchev–Trinajstić information content (AvgIpc) is 3.38. The molecular formula is C41H36ClF10N7O7S3. The van der Waals surface area contributed by atoms with Crippen LogP contribution in [-0.2, 0) is 66.3 Å². The van der Waals surface area contributed by atoms with Crippen LogP contribution in [0.2, 0.25) is 5.02 Å². The minimum atomic E-state index is -5.24. The number of fused-ring (bicyclic) bond motifs is 4. The lowest BCUT2D eigenvalue weighted by Gasteiger charge is -2.23. The van der Waals surface area contributed by atoms with Gasteiger partial charge in [0.2, 0.25) is 26.0 Å². The summed E-state index contributed by atoms with van der Waals surface area (Å²) in [4.78, 5) is 18.6. The number of halogens is 11. The molecule has 1 saturated carbocycles. The molecule has 0 aliphatic heterocycles. The summed E-state index contributed by atoms with van der Waals surface area (Å²) in [7, 11) is -13.7. The first-order valence-corrected chi connectivity index (χ1v) is 25.9. The van der Waals surface area contributed by atoms with Crippen LogP contribution >= 0.6 is 11.6 Å². The van der Waals surface area contributed by atoms with E-state index in [1.54, 1.807) is 0 Å². The number of carbonyl (C=O) groups is 1. The lowest BCUT2D eigenvalue weighted by molar-refractivity contribution is -0.143. The van der Waals surface area contributed by atoms with Gasteiger partial charge >= 0.3 is 12.4 Å². The second-order valence-corrected chi connectivity index (χ2v) is 24.1. The van der Waals surface area contributed by atoms with Crippen LogP contribution in [0.5, 0.6) is 0 Å². The van der Waals surface area contributed by atoms with Crippen LogP contribution in [0.3, 0.4) is 0 Å². The molecule has 2 aromatic carbocycles. The van der Waals surface area contributed by atoms with Gasteiger partial charge in [-0.1, -0.05) is 30.5 Å². The zero-order valence-electron chi connectivity index (χ0n) is 36.4. The average molecular weight is 1060 g/mol. The van der Waals surface area contributed by atoms with Crippen LogP contribution in [0.15, 0.2) is 42.5 Å². The highest BCUT2D eigenvalue weighted by Crippen LogP contribution is 2.71. The summed E-state index contributed by atoms with van der Waals surface area (Å²) in [5.41, 5.74) is -6.12. The molecule has 0 radical (unpaired) electrons. The van der Waals surface area contributed by atoms with Gasteiger partial charge in [-0.25, -0.2) is 39.0 Å². The van der Waals surface area contributed by atoms with Crippen LogP contribution in [0, 0.1) is 35.3 Å². The number of benzene rings is 2. The van der Waals surface area contributed by atoms with Gasteiger partial charge in [0.25, 0.3) is 5.92 Å². The summed E-state index contributed by atoms with van der Waals surface area (Å²) < 4.78 is 222. The van der Waals surface area contributed by atoms with Crippen LogP contribution < -0.4 is 9.03 Å². The van der Waals surface area contributed by atoms with E-state index in [0.717, 1.165) is 42.7 Å². The van der Waals surface area contributed by atoms with Gasteiger partial charge in [-0.3, -0.25) is 14.2 Å². The van der Waals surface area contributed by atoms with E-state index in [1.165, 1.54) is 20.8 Å². The zero-order chi connectivity index (χ0) is 51.5. The molecule has 0 saturated heterocycles. The molecule has 1 N–H and O–H groups in total. The number of pyridine rings is 1. The highest BCUT2D eigenvalue weighted by atomic mass is 35.5. The van der Waals surface area contributed by atoms with E-state index >= 15 is 8.78 Å². The maximum atomic E-state index is 15.8. The fraction of sp³-hybridized carbons (Fsp3) is 0.415.